The molecule has 4 N–H and O–H groups in total. The van der Waals surface area contributed by atoms with Crippen molar-refractivity contribution in [2.75, 3.05) is 52.4 Å². The van der Waals surface area contributed by atoms with Gasteiger partial charge in [-0.2, -0.15) is 26.3 Å². The molecule has 0 saturated carbocycles. The SMILES string of the molecule is O=C(C[N+]12CCC(CC1)[C@@H](OC(=O)C(O)(c1ccccc1)c1ccccc1)C2)NCc1cccc2ccccc12.O=C(C[N+]12CCC(CC1)[C@@H](OC(=O)C(O)(c1ccccc1)c1ccccc1)C2)NCc1ccccc1Cl.O=C([O-])C(F)(F)F.O=C([O-])C(F)(F)F. The Hall–Kier alpha value is -8.67. The fraction of sp³-hybridized carbons (Fsp3) is 0.324. The molecule has 91 heavy (non-hydrogen) atoms. The summed E-state index contributed by atoms with van der Waals surface area (Å²) in [7, 11) is 0. The summed E-state index contributed by atoms with van der Waals surface area (Å²) in [5, 5.41) is 50.3. The number of carbonyl (C=O) groups excluding carboxylic acids is 6. The molecule has 0 aromatic heterocycles. The van der Waals surface area contributed by atoms with Gasteiger partial charge in [-0.05, 0) is 50.2 Å². The number of alkyl halides is 6. The van der Waals surface area contributed by atoms with Crippen molar-refractivity contribution in [2.45, 2.75) is 74.5 Å². The molecule has 4 bridgehead atoms. The van der Waals surface area contributed by atoms with Gasteiger partial charge in [-0.15, -0.1) is 0 Å². The predicted molar refractivity (Wildman–Crippen MR) is 318 cm³/mol. The molecule has 480 valence electrons. The zero-order valence-corrected chi connectivity index (χ0v) is 49.9. The van der Waals surface area contributed by atoms with E-state index in [0.29, 0.717) is 75.5 Å². The second-order valence-corrected chi connectivity index (χ2v) is 23.5. The first kappa shape index (κ1) is 68.2. The number of nitrogens with zero attached hydrogens (tertiary/aromatic N) is 2. The highest BCUT2D eigenvalue weighted by Gasteiger charge is 2.53. The number of nitrogens with one attached hydrogen (secondary N) is 2. The van der Waals surface area contributed by atoms with E-state index in [4.69, 9.17) is 40.9 Å². The van der Waals surface area contributed by atoms with Crippen molar-refractivity contribution in [1.29, 1.82) is 0 Å². The average molecular weight is 1280 g/mol. The standard InChI is InChI=1S/C34H34N2O4.C30H31ClN2O4.2C2HF3O2/c37-32(35-22-27-12-9-11-25-10-7-8-17-30(25)27)24-36-20-18-26(19-21-36)31(23-36)40-33(38)34(39,28-13-3-1-4-14-28)29-15-5-2-6-16-29;31-26-14-8-7-9-23(26)19-32-28(34)21-33-17-15-22(16-18-33)27(20-33)37-29(35)30(36,24-10-3-1-4-11-24)25-12-5-2-6-13-25;2*3-2(4,5)1(6)7/h1-17,26,31,39H,18-24H2;1-14,22,27,36H,15-21H2;2*(H,6,7)/t26?,31-,36?;22?,27-,33?;;/m00../s1. The summed E-state index contributed by atoms with van der Waals surface area (Å²) in [6, 6.07) is 57.6. The van der Waals surface area contributed by atoms with Crippen LogP contribution in [0.15, 0.2) is 188 Å². The molecule has 7 aromatic carbocycles. The molecule has 6 aliphatic heterocycles. The molecule has 16 nitrogen and oxygen atoms in total. The highest BCUT2D eigenvalue weighted by Crippen LogP contribution is 2.40. The number of aliphatic hydroxyl groups is 2. The number of hydrogen-bond acceptors (Lipinski definition) is 12. The third-order valence-corrected chi connectivity index (χ3v) is 17.5. The van der Waals surface area contributed by atoms with E-state index in [1.54, 1.807) is 72.8 Å². The highest BCUT2D eigenvalue weighted by molar-refractivity contribution is 6.31. The zero-order chi connectivity index (χ0) is 65.6. The van der Waals surface area contributed by atoms with Gasteiger partial charge in [0.1, 0.15) is 25.0 Å². The van der Waals surface area contributed by atoms with Crippen LogP contribution < -0.4 is 20.8 Å². The van der Waals surface area contributed by atoms with Gasteiger partial charge in [0.2, 0.25) is 11.2 Å². The second kappa shape index (κ2) is 29.5. The number of amides is 2. The Morgan fingerprint density at radius 1 is 0.462 bits per heavy atom. The number of rotatable bonds is 16. The Balaban J connectivity index is 0.000000194. The fourth-order valence-corrected chi connectivity index (χ4v) is 12.5. The van der Waals surface area contributed by atoms with Crippen molar-refractivity contribution in [3.63, 3.8) is 0 Å². The molecule has 2 amide bonds. The third-order valence-electron chi connectivity index (χ3n) is 17.2. The number of carboxylic acid groups (broad SMARTS) is 2. The maximum atomic E-state index is 13.7. The number of esters is 2. The van der Waals surface area contributed by atoms with E-state index < -0.39 is 47.4 Å². The van der Waals surface area contributed by atoms with E-state index in [0.717, 1.165) is 73.8 Å². The summed E-state index contributed by atoms with van der Waals surface area (Å²) in [6.07, 6.45) is -7.55. The number of carbonyl (C=O) groups is 6. The first-order valence-corrected chi connectivity index (χ1v) is 29.7. The Morgan fingerprint density at radius 3 is 1.13 bits per heavy atom. The number of piperidine rings is 6. The number of ether oxygens (including phenoxy) is 2. The monoisotopic (exact) mass is 1280 g/mol. The summed E-state index contributed by atoms with van der Waals surface area (Å²) in [5.41, 5.74) is 0.0412. The van der Waals surface area contributed by atoms with Gasteiger partial charge in [0.15, 0.2) is 25.3 Å². The fourth-order valence-electron chi connectivity index (χ4n) is 12.3. The van der Waals surface area contributed by atoms with Crippen LogP contribution in [-0.2, 0) is 62.5 Å². The molecule has 0 aliphatic carbocycles. The molecule has 23 heteroatoms. The topological polar surface area (TPSA) is 232 Å². The van der Waals surface area contributed by atoms with Crippen LogP contribution in [0.1, 0.15) is 59.1 Å². The lowest BCUT2D eigenvalue weighted by Gasteiger charge is -2.51. The minimum absolute atomic E-state index is 0.00318. The first-order valence-electron chi connectivity index (χ1n) is 29.3. The van der Waals surface area contributed by atoms with Gasteiger partial charge in [0.05, 0.1) is 26.2 Å². The molecule has 2 atom stereocenters. The van der Waals surface area contributed by atoms with Crippen molar-refractivity contribution in [3.8, 4) is 0 Å². The Bertz CT molecular complexity index is 3520. The minimum atomic E-state index is -5.19. The molecule has 6 saturated heterocycles. The summed E-state index contributed by atoms with van der Waals surface area (Å²) in [4.78, 5) is 71.1. The molecule has 6 heterocycles. The number of fused-ring (bicyclic) bond motifs is 7. The zero-order valence-electron chi connectivity index (χ0n) is 49.1. The van der Waals surface area contributed by atoms with Crippen LogP contribution in [0, 0.1) is 11.8 Å². The third kappa shape index (κ3) is 17.0. The van der Waals surface area contributed by atoms with Gasteiger partial charge >= 0.3 is 24.3 Å². The maximum Gasteiger partial charge on any atom is 0.430 e. The molecule has 0 radical (unpaired) electrons. The van der Waals surface area contributed by atoms with Gasteiger partial charge in [-0.1, -0.05) is 194 Å². The van der Waals surface area contributed by atoms with E-state index in [1.807, 2.05) is 91.0 Å². The van der Waals surface area contributed by atoms with Gasteiger partial charge in [0, 0.05) is 55.6 Å². The van der Waals surface area contributed by atoms with Crippen molar-refractivity contribution >= 4 is 58.1 Å². The minimum Gasteiger partial charge on any atom is -0.542 e. The lowest BCUT2D eigenvalue weighted by Crippen LogP contribution is -2.66. The molecule has 0 unspecified atom stereocenters. The molecule has 7 aromatic rings. The van der Waals surface area contributed by atoms with Crippen LogP contribution in [0.4, 0.5) is 26.3 Å². The van der Waals surface area contributed by atoms with Gasteiger partial charge in [-0.25, -0.2) is 9.59 Å². The number of carboxylic acids is 2. The van der Waals surface area contributed by atoms with Gasteiger partial charge < -0.3 is 59.1 Å². The van der Waals surface area contributed by atoms with Crippen molar-refractivity contribution in [1.82, 2.24) is 10.6 Å². The van der Waals surface area contributed by atoms with Crippen LogP contribution in [0.3, 0.4) is 0 Å². The average Bonchev–Trinajstić information content (AvgIpc) is 0.805. The van der Waals surface area contributed by atoms with Crippen LogP contribution in [0.25, 0.3) is 10.8 Å². The normalized spacial score (nSPS) is 20.8. The number of hydrogen-bond donors (Lipinski definition) is 4. The quantitative estimate of drug-likeness (QED) is 0.0428. The summed E-state index contributed by atoms with van der Waals surface area (Å²) < 4.78 is 76.5. The smallest absolute Gasteiger partial charge is 0.430 e. The van der Waals surface area contributed by atoms with E-state index in [-0.39, 0.29) is 35.9 Å². The lowest BCUT2D eigenvalue weighted by molar-refractivity contribution is -0.939. The summed E-state index contributed by atoms with van der Waals surface area (Å²) in [5.74, 6) is -6.93. The Morgan fingerprint density at radius 2 is 0.769 bits per heavy atom. The number of halogens is 7. The Kier molecular flexibility index (Phi) is 22.1. The van der Waals surface area contributed by atoms with Crippen LogP contribution >= 0.6 is 11.6 Å². The van der Waals surface area contributed by atoms with Crippen molar-refractivity contribution < 1.29 is 94.0 Å². The van der Waals surface area contributed by atoms with E-state index in [9.17, 15) is 55.7 Å². The van der Waals surface area contributed by atoms with Gasteiger partial charge in [0.25, 0.3) is 11.8 Å². The molecule has 13 rings (SSSR count). The van der Waals surface area contributed by atoms with E-state index in [1.165, 1.54) is 0 Å². The number of aliphatic carboxylic acids is 2. The Labute approximate surface area is 525 Å². The van der Waals surface area contributed by atoms with Crippen LogP contribution in [-0.4, -0.2) is 132 Å². The molecule has 6 fully saturated rings. The van der Waals surface area contributed by atoms with E-state index in [2.05, 4.69) is 34.9 Å². The van der Waals surface area contributed by atoms with Crippen LogP contribution in [0.5, 0.6) is 0 Å². The summed E-state index contributed by atoms with van der Waals surface area (Å²) in [6.45, 7) is 6.21. The van der Waals surface area contributed by atoms with Crippen molar-refractivity contribution in [3.05, 3.63) is 226 Å². The van der Waals surface area contributed by atoms with Crippen LogP contribution in [0.2, 0.25) is 5.02 Å². The molecule has 6 aliphatic rings. The molecule has 0 spiro atoms. The van der Waals surface area contributed by atoms with Crippen molar-refractivity contribution in [2.24, 2.45) is 11.8 Å². The molecular formula is C68H67ClF6N4O12. The predicted octanol–water partition coefficient (Wildman–Crippen LogP) is 7.19. The summed E-state index contributed by atoms with van der Waals surface area (Å²) >= 11 is 6.23. The number of benzene rings is 7. The maximum absolute atomic E-state index is 13.7. The highest BCUT2D eigenvalue weighted by atomic mass is 35.5. The largest absolute Gasteiger partial charge is 0.542 e. The van der Waals surface area contributed by atoms with Gasteiger partial charge in [-0.3, -0.25) is 9.59 Å². The number of quaternary nitrogens is 2. The van der Waals surface area contributed by atoms with E-state index >= 15 is 0 Å². The first-order chi connectivity index (χ1) is 43.2. The lowest BCUT2D eigenvalue weighted by atomic mass is 9.82. The molecular weight excluding hydrogens is 1210 g/mol. The second-order valence-electron chi connectivity index (χ2n) is 23.1.